The van der Waals surface area contributed by atoms with Gasteiger partial charge in [0.25, 0.3) is 5.91 Å². The molecule has 0 saturated carbocycles. The molecular formula is C18H18F3N3O4. The Morgan fingerprint density at radius 1 is 1.25 bits per heavy atom. The van der Waals surface area contributed by atoms with E-state index in [-0.39, 0.29) is 24.3 Å². The number of carbonyl (C=O) groups is 2. The maximum atomic E-state index is 13.0. The van der Waals surface area contributed by atoms with Crippen LogP contribution in [-0.2, 0) is 15.7 Å². The van der Waals surface area contributed by atoms with Gasteiger partial charge in [0, 0.05) is 25.4 Å². The summed E-state index contributed by atoms with van der Waals surface area (Å²) in [6.45, 7) is 1.48. The average Bonchev–Trinajstić information content (AvgIpc) is 2.64. The molecule has 1 aromatic carbocycles. The van der Waals surface area contributed by atoms with Gasteiger partial charge in [-0.1, -0.05) is 6.07 Å². The number of benzene rings is 1. The molecule has 1 heterocycles. The van der Waals surface area contributed by atoms with Crippen molar-refractivity contribution >= 4 is 11.9 Å². The molecule has 0 saturated heterocycles. The fourth-order valence-corrected chi connectivity index (χ4v) is 2.41. The number of hydrogen-bond donors (Lipinski definition) is 0. The summed E-state index contributed by atoms with van der Waals surface area (Å²) in [5.41, 5.74) is -1.70. The lowest BCUT2D eigenvalue weighted by molar-refractivity contribution is -0.141. The molecule has 0 atom stereocenters. The summed E-state index contributed by atoms with van der Waals surface area (Å²) >= 11 is 0. The third-order valence-corrected chi connectivity index (χ3v) is 3.95. The maximum Gasteiger partial charge on any atom is 0.416 e. The molecule has 28 heavy (non-hydrogen) atoms. The van der Waals surface area contributed by atoms with E-state index >= 15 is 0 Å². The van der Waals surface area contributed by atoms with E-state index in [1.165, 1.54) is 33.2 Å². The van der Waals surface area contributed by atoms with Gasteiger partial charge >= 0.3 is 12.1 Å². The molecule has 0 spiro atoms. The second-order valence-corrected chi connectivity index (χ2v) is 6.01. The van der Waals surface area contributed by atoms with Crippen LogP contribution in [0.5, 0.6) is 0 Å². The van der Waals surface area contributed by atoms with E-state index in [0.717, 1.165) is 27.8 Å². The molecule has 0 aliphatic heterocycles. The number of hydrogen-bond acceptors (Lipinski definition) is 5. The highest BCUT2D eigenvalue weighted by Gasteiger charge is 2.30. The van der Waals surface area contributed by atoms with Gasteiger partial charge < -0.3 is 9.64 Å². The Labute approximate surface area is 158 Å². The lowest BCUT2D eigenvalue weighted by Gasteiger charge is -2.17. The number of aromatic nitrogens is 2. The average molecular weight is 397 g/mol. The largest absolute Gasteiger partial charge is 0.469 e. The summed E-state index contributed by atoms with van der Waals surface area (Å²) in [7, 11) is 2.58. The summed E-state index contributed by atoms with van der Waals surface area (Å²) in [5.74, 6) is -1.28. The molecule has 0 radical (unpaired) electrons. The van der Waals surface area contributed by atoms with Gasteiger partial charge in [-0.3, -0.25) is 14.4 Å². The number of aryl methyl sites for hydroxylation is 1. The van der Waals surface area contributed by atoms with E-state index in [2.05, 4.69) is 9.84 Å². The predicted octanol–water partition coefficient (Wildman–Crippen LogP) is 2.19. The number of carbonyl (C=O) groups excluding carboxylic acids is 2. The highest BCUT2D eigenvalue weighted by Crippen LogP contribution is 2.30. The number of ether oxygens (including phenoxy) is 1. The first-order valence-corrected chi connectivity index (χ1v) is 8.15. The number of halogens is 3. The molecule has 1 aromatic heterocycles. The SMILES string of the molecule is COC(=O)CCN(C)C(=O)c1nn(-c2cccc(C(F)(F)F)c2)c(C)cc1=O. The summed E-state index contributed by atoms with van der Waals surface area (Å²) in [6, 6.07) is 5.50. The fraction of sp³-hybridized carbons (Fsp3) is 0.333. The van der Waals surface area contributed by atoms with E-state index in [9.17, 15) is 27.6 Å². The summed E-state index contributed by atoms with van der Waals surface area (Å²) in [5, 5.41) is 3.96. The number of alkyl halides is 3. The summed E-state index contributed by atoms with van der Waals surface area (Å²) in [4.78, 5) is 37.0. The van der Waals surface area contributed by atoms with E-state index in [0.29, 0.717) is 0 Å². The van der Waals surface area contributed by atoms with Crippen LogP contribution in [-0.4, -0.2) is 47.3 Å². The third-order valence-electron chi connectivity index (χ3n) is 3.95. The molecule has 2 rings (SSSR count). The van der Waals surface area contributed by atoms with Gasteiger partial charge in [0.05, 0.1) is 24.8 Å². The fourth-order valence-electron chi connectivity index (χ4n) is 2.41. The number of esters is 1. The van der Waals surface area contributed by atoms with Crippen LogP contribution in [0.4, 0.5) is 13.2 Å². The van der Waals surface area contributed by atoms with E-state index in [4.69, 9.17) is 0 Å². The maximum absolute atomic E-state index is 13.0. The van der Waals surface area contributed by atoms with E-state index in [1.54, 1.807) is 0 Å². The van der Waals surface area contributed by atoms with Gasteiger partial charge in [0.1, 0.15) is 0 Å². The quantitative estimate of drug-likeness (QED) is 0.723. The Hall–Kier alpha value is -3.17. The molecule has 150 valence electrons. The second-order valence-electron chi connectivity index (χ2n) is 6.01. The van der Waals surface area contributed by atoms with E-state index in [1.807, 2.05) is 0 Å². The lowest BCUT2D eigenvalue weighted by atomic mass is 10.2. The standard InChI is InChI=1S/C18H18F3N3O4/c1-11-9-14(25)16(17(27)23(2)8-7-15(26)28-3)22-24(11)13-6-4-5-12(10-13)18(19,20)21/h4-6,9-10H,7-8H2,1-3H3. The van der Waals surface area contributed by atoms with Crippen molar-refractivity contribution in [2.45, 2.75) is 19.5 Å². The zero-order valence-electron chi connectivity index (χ0n) is 15.4. The molecule has 10 heteroatoms. The van der Waals surface area contributed by atoms with Crippen molar-refractivity contribution in [2.24, 2.45) is 0 Å². The number of nitrogens with zero attached hydrogens (tertiary/aromatic N) is 3. The van der Waals surface area contributed by atoms with Gasteiger partial charge in [-0.15, -0.1) is 0 Å². The zero-order chi connectivity index (χ0) is 21.1. The Kier molecular flexibility index (Phi) is 6.22. The van der Waals surface area contributed by atoms with Crippen LogP contribution in [0.15, 0.2) is 35.1 Å². The minimum Gasteiger partial charge on any atom is -0.469 e. The number of rotatable bonds is 5. The molecule has 0 unspecified atom stereocenters. The highest BCUT2D eigenvalue weighted by atomic mass is 19.4. The molecule has 2 aromatic rings. The smallest absolute Gasteiger partial charge is 0.416 e. The van der Waals surface area contributed by atoms with Crippen LogP contribution in [0.25, 0.3) is 5.69 Å². The monoisotopic (exact) mass is 397 g/mol. The van der Waals surface area contributed by atoms with Crippen molar-refractivity contribution in [3.8, 4) is 5.69 Å². The van der Waals surface area contributed by atoms with Crippen LogP contribution in [0.1, 0.15) is 28.2 Å². The Morgan fingerprint density at radius 2 is 1.93 bits per heavy atom. The highest BCUT2D eigenvalue weighted by molar-refractivity contribution is 5.92. The molecule has 7 nitrogen and oxygen atoms in total. The molecular weight excluding hydrogens is 379 g/mol. The van der Waals surface area contributed by atoms with Crippen molar-refractivity contribution in [3.63, 3.8) is 0 Å². The molecule has 0 fully saturated rings. The van der Waals surface area contributed by atoms with Crippen molar-refractivity contribution in [2.75, 3.05) is 20.7 Å². The van der Waals surface area contributed by atoms with Crippen LogP contribution in [0.2, 0.25) is 0 Å². The van der Waals surface area contributed by atoms with Crippen molar-refractivity contribution in [1.82, 2.24) is 14.7 Å². The Morgan fingerprint density at radius 3 is 2.54 bits per heavy atom. The van der Waals surface area contributed by atoms with Gasteiger partial charge in [0.2, 0.25) is 5.43 Å². The number of amides is 1. The van der Waals surface area contributed by atoms with E-state index < -0.39 is 34.7 Å². The second kappa shape index (κ2) is 8.24. The number of methoxy groups -OCH3 is 1. The van der Waals surface area contributed by atoms with Crippen LogP contribution >= 0.6 is 0 Å². The molecule has 0 N–H and O–H groups in total. The van der Waals surface area contributed by atoms with Crippen molar-refractivity contribution in [3.05, 3.63) is 57.5 Å². The van der Waals surface area contributed by atoms with Crippen molar-refractivity contribution in [1.29, 1.82) is 0 Å². The van der Waals surface area contributed by atoms with Crippen LogP contribution in [0.3, 0.4) is 0 Å². The first-order chi connectivity index (χ1) is 13.0. The van der Waals surface area contributed by atoms with Gasteiger partial charge in [-0.25, -0.2) is 4.68 Å². The minimum absolute atomic E-state index is 0.00986. The van der Waals surface area contributed by atoms with Gasteiger partial charge in [-0.2, -0.15) is 18.3 Å². The van der Waals surface area contributed by atoms with Crippen LogP contribution in [0, 0.1) is 6.92 Å². The zero-order valence-corrected chi connectivity index (χ0v) is 15.4. The first-order valence-electron chi connectivity index (χ1n) is 8.15. The summed E-state index contributed by atoms with van der Waals surface area (Å²) in [6.07, 6.45) is -4.62. The summed E-state index contributed by atoms with van der Waals surface area (Å²) < 4.78 is 44.5. The van der Waals surface area contributed by atoms with Gasteiger partial charge in [0.15, 0.2) is 5.69 Å². The molecule has 0 aliphatic carbocycles. The topological polar surface area (TPSA) is 81.5 Å². The predicted molar refractivity (Wildman–Crippen MR) is 93.2 cm³/mol. The first kappa shape index (κ1) is 21.1. The Bertz CT molecular complexity index is 954. The van der Waals surface area contributed by atoms with Crippen LogP contribution < -0.4 is 5.43 Å². The van der Waals surface area contributed by atoms with Crippen molar-refractivity contribution < 1.29 is 27.5 Å². The molecule has 0 aliphatic rings. The minimum atomic E-state index is -4.55. The Balaban J connectivity index is 2.41. The van der Waals surface area contributed by atoms with Gasteiger partial charge in [-0.05, 0) is 25.1 Å². The lowest BCUT2D eigenvalue weighted by Crippen LogP contribution is -2.35. The normalized spacial score (nSPS) is 11.2. The molecule has 1 amide bonds. The molecule has 0 bridgehead atoms. The third kappa shape index (κ3) is 4.76.